The largest absolute Gasteiger partial charge is 0.488 e. The maximum absolute atomic E-state index is 13.9. The minimum Gasteiger partial charge on any atom is -0.488 e. The summed E-state index contributed by atoms with van der Waals surface area (Å²) in [6.45, 7) is 0.662. The predicted octanol–water partition coefficient (Wildman–Crippen LogP) is 1.23. The summed E-state index contributed by atoms with van der Waals surface area (Å²) < 4.78 is 43.9. The summed E-state index contributed by atoms with van der Waals surface area (Å²) in [4.78, 5) is 20.0. The van der Waals surface area contributed by atoms with Gasteiger partial charge in [0.1, 0.15) is 6.54 Å². The normalized spacial score (nSPS) is 11.5. The molecule has 23 heavy (non-hydrogen) atoms. The lowest BCUT2D eigenvalue weighted by Gasteiger charge is -2.19. The van der Waals surface area contributed by atoms with E-state index in [-0.39, 0.29) is 6.54 Å². The zero-order valence-corrected chi connectivity index (χ0v) is 13.2. The highest BCUT2D eigenvalue weighted by atomic mass is 32.2. The highest BCUT2D eigenvalue weighted by Gasteiger charge is 2.31. The van der Waals surface area contributed by atoms with Crippen molar-refractivity contribution in [3.05, 3.63) is 28.1 Å². The van der Waals surface area contributed by atoms with Crippen LogP contribution in [-0.4, -0.2) is 48.9 Å². The molecular weight excluding hydrogens is 335 g/mol. The molecule has 1 aromatic rings. The second-order valence-electron chi connectivity index (χ2n) is 4.45. The highest BCUT2D eigenvalue weighted by Crippen LogP contribution is 2.33. The van der Waals surface area contributed by atoms with Crippen LogP contribution in [0.1, 0.15) is 13.3 Å². The fourth-order valence-electron chi connectivity index (χ4n) is 1.87. The molecule has 0 heterocycles. The van der Waals surface area contributed by atoms with Gasteiger partial charge < -0.3 is 9.84 Å². The summed E-state index contributed by atoms with van der Waals surface area (Å²) in [5, 5.41) is 19.7. The molecule has 9 nitrogen and oxygen atoms in total. The van der Waals surface area contributed by atoms with Crippen LogP contribution in [0.5, 0.6) is 5.75 Å². The van der Waals surface area contributed by atoms with Gasteiger partial charge in [-0.1, -0.05) is 6.92 Å². The molecule has 0 radical (unpaired) electrons. The number of carboxylic acids is 1. The molecule has 0 unspecified atom stereocenters. The van der Waals surface area contributed by atoms with Crippen molar-refractivity contribution in [1.29, 1.82) is 0 Å². The van der Waals surface area contributed by atoms with E-state index in [2.05, 4.69) is 4.74 Å². The summed E-state index contributed by atoms with van der Waals surface area (Å²) in [5.41, 5.74) is -0.863. The number of sulfonamides is 1. The van der Waals surface area contributed by atoms with Crippen molar-refractivity contribution in [3.63, 3.8) is 0 Å². The molecule has 0 spiro atoms. The smallest absolute Gasteiger partial charge is 0.318 e. The number of nitro benzene ring substituents is 1. The van der Waals surface area contributed by atoms with E-state index >= 15 is 0 Å². The molecule has 0 bridgehead atoms. The summed E-state index contributed by atoms with van der Waals surface area (Å²) in [7, 11) is -3.40. The van der Waals surface area contributed by atoms with E-state index in [9.17, 15) is 27.7 Å². The van der Waals surface area contributed by atoms with E-state index in [1.54, 1.807) is 6.92 Å². The van der Waals surface area contributed by atoms with E-state index in [0.29, 0.717) is 22.9 Å². The number of benzene rings is 1. The van der Waals surface area contributed by atoms with Crippen LogP contribution >= 0.6 is 0 Å². The molecule has 0 saturated heterocycles. The maximum atomic E-state index is 13.9. The molecule has 0 fully saturated rings. The van der Waals surface area contributed by atoms with Crippen LogP contribution in [-0.2, 0) is 14.8 Å². The zero-order valence-electron chi connectivity index (χ0n) is 12.4. The SMILES string of the molecule is CCCN(CC(=O)O)S(=O)(=O)c1cc(F)c(OC)c([N+](=O)[O-])c1. The summed E-state index contributed by atoms with van der Waals surface area (Å²) in [6.07, 6.45) is 0.313. The van der Waals surface area contributed by atoms with Gasteiger partial charge in [0.15, 0.2) is 5.82 Å². The minimum absolute atomic E-state index is 0.129. The van der Waals surface area contributed by atoms with Crippen LogP contribution < -0.4 is 4.74 Å². The Kier molecular flexibility index (Phi) is 5.98. The lowest BCUT2D eigenvalue weighted by molar-refractivity contribution is -0.386. The van der Waals surface area contributed by atoms with Crippen LogP contribution in [0.2, 0.25) is 0 Å². The number of nitrogens with zero attached hydrogens (tertiary/aromatic N) is 2. The number of hydrogen-bond donors (Lipinski definition) is 1. The Balaban J connectivity index is 3.48. The lowest BCUT2D eigenvalue weighted by atomic mass is 10.3. The van der Waals surface area contributed by atoms with Gasteiger partial charge in [-0.2, -0.15) is 4.31 Å². The molecule has 0 saturated carbocycles. The van der Waals surface area contributed by atoms with Crippen molar-refractivity contribution in [3.8, 4) is 5.75 Å². The van der Waals surface area contributed by atoms with Crippen LogP contribution in [0.25, 0.3) is 0 Å². The van der Waals surface area contributed by atoms with Gasteiger partial charge in [-0.3, -0.25) is 14.9 Å². The van der Waals surface area contributed by atoms with Gasteiger partial charge in [-0.15, -0.1) is 0 Å². The third-order valence-electron chi connectivity index (χ3n) is 2.82. The van der Waals surface area contributed by atoms with Gasteiger partial charge in [-0.25, -0.2) is 12.8 Å². The number of carbonyl (C=O) groups is 1. The Labute approximate surface area is 131 Å². The average molecular weight is 350 g/mol. The third-order valence-corrected chi connectivity index (χ3v) is 4.64. The molecule has 0 aliphatic carbocycles. The minimum atomic E-state index is -4.41. The fourth-order valence-corrected chi connectivity index (χ4v) is 3.39. The van der Waals surface area contributed by atoms with Crippen molar-refractivity contribution in [1.82, 2.24) is 4.31 Å². The molecular formula is C12H15FN2O7S. The second kappa shape index (κ2) is 7.33. The van der Waals surface area contributed by atoms with E-state index in [1.165, 1.54) is 0 Å². The number of halogens is 1. The third kappa shape index (κ3) is 4.13. The first-order valence-electron chi connectivity index (χ1n) is 6.39. The standard InChI is InChI=1S/C12H15FN2O7S/c1-3-4-14(7-11(16)17)23(20,21)8-5-9(13)12(22-2)10(6-8)15(18)19/h5-6H,3-4,7H2,1-2H3,(H,16,17). The average Bonchev–Trinajstić information content (AvgIpc) is 2.45. The highest BCUT2D eigenvalue weighted by molar-refractivity contribution is 7.89. The number of carboxylic acid groups (broad SMARTS) is 1. The van der Waals surface area contributed by atoms with Gasteiger partial charge in [0.25, 0.3) is 0 Å². The lowest BCUT2D eigenvalue weighted by Crippen LogP contribution is -2.36. The van der Waals surface area contributed by atoms with Crippen LogP contribution in [0.15, 0.2) is 17.0 Å². The topological polar surface area (TPSA) is 127 Å². The first-order chi connectivity index (χ1) is 10.6. The predicted molar refractivity (Wildman–Crippen MR) is 76.3 cm³/mol. The number of methoxy groups -OCH3 is 1. The quantitative estimate of drug-likeness (QED) is 0.551. The molecule has 0 amide bonds. The molecule has 1 rings (SSSR count). The van der Waals surface area contributed by atoms with Crippen molar-refractivity contribution >= 4 is 21.7 Å². The molecule has 0 aliphatic heterocycles. The summed E-state index contributed by atoms with van der Waals surface area (Å²) in [5.74, 6) is -3.33. The van der Waals surface area contributed by atoms with E-state index in [0.717, 1.165) is 7.11 Å². The Hall–Kier alpha value is -2.27. The monoisotopic (exact) mass is 350 g/mol. The summed E-state index contributed by atoms with van der Waals surface area (Å²) in [6, 6.07) is 1.20. The van der Waals surface area contributed by atoms with Crippen LogP contribution in [0.3, 0.4) is 0 Å². The molecule has 128 valence electrons. The summed E-state index contributed by atoms with van der Waals surface area (Å²) >= 11 is 0. The van der Waals surface area contributed by atoms with E-state index in [4.69, 9.17) is 5.11 Å². The first-order valence-corrected chi connectivity index (χ1v) is 7.83. The van der Waals surface area contributed by atoms with Gasteiger partial charge in [0.2, 0.25) is 15.8 Å². The second-order valence-corrected chi connectivity index (χ2v) is 6.38. The number of nitro groups is 1. The first kappa shape index (κ1) is 18.8. The van der Waals surface area contributed by atoms with Crippen molar-refractivity contribution < 1.29 is 32.4 Å². The molecule has 1 aromatic carbocycles. The van der Waals surface area contributed by atoms with Gasteiger partial charge in [0, 0.05) is 12.6 Å². The molecule has 0 aromatic heterocycles. The Morgan fingerprint density at radius 1 is 1.48 bits per heavy atom. The Morgan fingerprint density at radius 3 is 2.52 bits per heavy atom. The fraction of sp³-hybridized carbons (Fsp3) is 0.417. The van der Waals surface area contributed by atoms with Crippen LogP contribution in [0.4, 0.5) is 10.1 Å². The number of rotatable bonds is 8. The van der Waals surface area contributed by atoms with Crippen molar-refractivity contribution in [2.75, 3.05) is 20.2 Å². The molecule has 0 atom stereocenters. The van der Waals surface area contributed by atoms with Crippen molar-refractivity contribution in [2.24, 2.45) is 0 Å². The Morgan fingerprint density at radius 2 is 2.09 bits per heavy atom. The number of ether oxygens (including phenoxy) is 1. The van der Waals surface area contributed by atoms with Gasteiger partial charge in [-0.05, 0) is 12.5 Å². The van der Waals surface area contributed by atoms with E-state index < -0.39 is 49.6 Å². The van der Waals surface area contributed by atoms with Crippen molar-refractivity contribution in [2.45, 2.75) is 18.2 Å². The number of aliphatic carboxylic acids is 1. The molecule has 0 aliphatic rings. The number of hydrogen-bond acceptors (Lipinski definition) is 6. The molecule has 1 N–H and O–H groups in total. The van der Waals surface area contributed by atoms with Crippen LogP contribution in [0, 0.1) is 15.9 Å². The molecule has 11 heteroatoms. The maximum Gasteiger partial charge on any atom is 0.318 e. The zero-order chi connectivity index (χ0) is 17.8. The van der Waals surface area contributed by atoms with Gasteiger partial charge >= 0.3 is 11.7 Å². The van der Waals surface area contributed by atoms with Gasteiger partial charge in [0.05, 0.1) is 16.9 Å². The Bertz CT molecular complexity index is 720. The van der Waals surface area contributed by atoms with E-state index in [1.807, 2.05) is 0 Å².